The highest BCUT2D eigenvalue weighted by Gasteiger charge is 2.26. The van der Waals surface area contributed by atoms with E-state index in [4.69, 9.17) is 0 Å². The van der Waals surface area contributed by atoms with E-state index in [-0.39, 0.29) is 24.2 Å². The monoisotopic (exact) mass is 390 g/mol. The van der Waals surface area contributed by atoms with E-state index in [0.717, 1.165) is 17.0 Å². The zero-order chi connectivity index (χ0) is 19.7. The summed E-state index contributed by atoms with van der Waals surface area (Å²) in [5.41, 5.74) is 2.60. The van der Waals surface area contributed by atoms with Crippen molar-refractivity contribution in [1.29, 1.82) is 0 Å². The smallest absolute Gasteiger partial charge is 0.253 e. The summed E-state index contributed by atoms with van der Waals surface area (Å²) in [6.07, 6.45) is 2.21. The Kier molecular flexibility index (Phi) is 5.69. The molecule has 8 nitrogen and oxygen atoms in total. The van der Waals surface area contributed by atoms with Crippen molar-refractivity contribution < 1.29 is 9.59 Å². The van der Waals surface area contributed by atoms with E-state index in [1.807, 2.05) is 43.8 Å². The van der Waals surface area contributed by atoms with Gasteiger partial charge in [-0.25, -0.2) is 9.50 Å². The molecule has 3 heterocycles. The molecule has 0 aliphatic carbocycles. The van der Waals surface area contributed by atoms with Crippen molar-refractivity contribution in [2.45, 2.75) is 39.3 Å². The number of rotatable bonds is 4. The van der Waals surface area contributed by atoms with Crippen molar-refractivity contribution in [3.63, 3.8) is 0 Å². The number of hydrogen-bond acceptors (Lipinski definition) is 6. The van der Waals surface area contributed by atoms with Crippen LogP contribution in [0.5, 0.6) is 0 Å². The van der Waals surface area contributed by atoms with Gasteiger partial charge in [0, 0.05) is 49.0 Å². The van der Waals surface area contributed by atoms with Crippen LogP contribution in [0.15, 0.2) is 5.16 Å². The molecule has 0 atom stereocenters. The second-order valence-corrected chi connectivity index (χ2v) is 7.88. The molecule has 146 valence electrons. The van der Waals surface area contributed by atoms with E-state index in [9.17, 15) is 9.59 Å². The van der Waals surface area contributed by atoms with Crippen LogP contribution in [0.1, 0.15) is 30.8 Å². The zero-order valence-corrected chi connectivity index (χ0v) is 17.3. The van der Waals surface area contributed by atoms with Crippen LogP contribution in [0.2, 0.25) is 0 Å². The molecule has 2 aromatic heterocycles. The molecule has 1 aliphatic rings. The van der Waals surface area contributed by atoms with E-state index in [2.05, 4.69) is 15.1 Å². The van der Waals surface area contributed by atoms with Gasteiger partial charge >= 0.3 is 0 Å². The van der Waals surface area contributed by atoms with Crippen LogP contribution in [-0.4, -0.2) is 73.6 Å². The quantitative estimate of drug-likeness (QED) is 0.733. The summed E-state index contributed by atoms with van der Waals surface area (Å²) >= 11 is 1.47. The first kappa shape index (κ1) is 19.6. The molecule has 1 fully saturated rings. The molecule has 2 amide bonds. The average Bonchev–Trinajstić information content (AvgIpc) is 3.07. The van der Waals surface area contributed by atoms with Crippen molar-refractivity contribution in [3.05, 3.63) is 17.0 Å². The maximum atomic E-state index is 12.8. The molecule has 3 rings (SSSR count). The molecule has 1 aliphatic heterocycles. The number of nitrogens with zero attached hydrogens (tertiary/aromatic N) is 6. The molecule has 0 radical (unpaired) electrons. The van der Waals surface area contributed by atoms with Crippen LogP contribution in [0.3, 0.4) is 0 Å². The molecule has 0 aromatic carbocycles. The van der Waals surface area contributed by atoms with E-state index >= 15 is 0 Å². The van der Waals surface area contributed by atoms with Crippen molar-refractivity contribution in [2.75, 3.05) is 32.4 Å². The van der Waals surface area contributed by atoms with Crippen LogP contribution < -0.4 is 0 Å². The summed E-state index contributed by atoms with van der Waals surface area (Å²) in [4.78, 5) is 37.5. The van der Waals surface area contributed by atoms with Crippen molar-refractivity contribution >= 4 is 29.4 Å². The standard InChI is InChI=1S/C18H26N6O2S/c1-11(2)16(26)23-8-6-22(7-9-23)15(25)10-14-12(3)19-17-20-18(27-5)21-24(17)13(14)4/h11H,6-10H2,1-5H3. The lowest BCUT2D eigenvalue weighted by Gasteiger charge is -2.35. The van der Waals surface area contributed by atoms with Gasteiger partial charge in [0.2, 0.25) is 17.0 Å². The van der Waals surface area contributed by atoms with Crippen molar-refractivity contribution in [3.8, 4) is 0 Å². The fourth-order valence-electron chi connectivity index (χ4n) is 3.34. The van der Waals surface area contributed by atoms with Gasteiger partial charge < -0.3 is 9.80 Å². The second-order valence-electron chi connectivity index (χ2n) is 7.11. The molecular weight excluding hydrogens is 364 g/mol. The number of fused-ring (bicyclic) bond motifs is 1. The Morgan fingerprint density at radius 2 is 1.70 bits per heavy atom. The number of aromatic nitrogens is 4. The Bertz CT molecular complexity index is 870. The normalized spacial score (nSPS) is 15.0. The number of thioether (sulfide) groups is 1. The van der Waals surface area contributed by atoms with Crippen LogP contribution in [0.4, 0.5) is 0 Å². The van der Waals surface area contributed by atoms with Crippen molar-refractivity contribution in [1.82, 2.24) is 29.4 Å². The van der Waals surface area contributed by atoms with Gasteiger partial charge in [-0.15, -0.1) is 5.10 Å². The number of carbonyl (C=O) groups excluding carboxylic acids is 2. The number of amides is 2. The molecule has 2 aromatic rings. The number of carbonyl (C=O) groups is 2. The Morgan fingerprint density at radius 3 is 2.30 bits per heavy atom. The third kappa shape index (κ3) is 3.92. The van der Waals surface area contributed by atoms with Gasteiger partial charge in [-0.05, 0) is 20.1 Å². The van der Waals surface area contributed by atoms with Crippen LogP contribution in [-0.2, 0) is 16.0 Å². The maximum Gasteiger partial charge on any atom is 0.253 e. The summed E-state index contributed by atoms with van der Waals surface area (Å²) in [6.45, 7) is 10.00. The maximum absolute atomic E-state index is 12.8. The average molecular weight is 391 g/mol. The summed E-state index contributed by atoms with van der Waals surface area (Å²) < 4.78 is 1.71. The predicted octanol–water partition coefficient (Wildman–Crippen LogP) is 1.33. The predicted molar refractivity (Wildman–Crippen MR) is 104 cm³/mol. The topological polar surface area (TPSA) is 83.7 Å². The SMILES string of the molecule is CSc1nc2nc(C)c(CC(=O)N3CCN(C(=O)C(C)C)CC3)c(C)n2n1. The molecule has 0 bridgehead atoms. The second kappa shape index (κ2) is 7.84. The van der Waals surface area contributed by atoms with Gasteiger partial charge in [0.25, 0.3) is 5.78 Å². The third-order valence-corrected chi connectivity index (χ3v) is 5.52. The fraction of sp³-hybridized carbons (Fsp3) is 0.611. The van der Waals surface area contributed by atoms with E-state index in [0.29, 0.717) is 37.1 Å². The number of aryl methyl sites for hydroxylation is 2. The number of hydrogen-bond donors (Lipinski definition) is 0. The van der Waals surface area contributed by atoms with Gasteiger partial charge in [-0.3, -0.25) is 9.59 Å². The minimum atomic E-state index is -0.00999. The minimum Gasteiger partial charge on any atom is -0.339 e. The van der Waals surface area contributed by atoms with Crippen LogP contribution in [0.25, 0.3) is 5.78 Å². The lowest BCUT2D eigenvalue weighted by molar-refractivity contribution is -0.141. The first-order chi connectivity index (χ1) is 12.8. The molecule has 0 spiro atoms. The summed E-state index contributed by atoms with van der Waals surface area (Å²) in [5, 5.41) is 5.10. The van der Waals surface area contributed by atoms with Crippen LogP contribution in [0, 0.1) is 19.8 Å². The molecule has 0 unspecified atom stereocenters. The largest absolute Gasteiger partial charge is 0.339 e. The molecule has 9 heteroatoms. The first-order valence-electron chi connectivity index (χ1n) is 9.15. The van der Waals surface area contributed by atoms with Crippen LogP contribution >= 0.6 is 11.8 Å². The summed E-state index contributed by atoms with van der Waals surface area (Å²) in [5.74, 6) is 0.763. The molecule has 0 N–H and O–H groups in total. The molecule has 27 heavy (non-hydrogen) atoms. The Balaban J connectivity index is 1.72. The summed E-state index contributed by atoms with van der Waals surface area (Å²) in [6, 6.07) is 0. The molecule has 1 saturated heterocycles. The fourth-order valence-corrected chi connectivity index (χ4v) is 3.67. The lowest BCUT2D eigenvalue weighted by Crippen LogP contribution is -2.51. The van der Waals surface area contributed by atoms with Gasteiger partial charge in [-0.1, -0.05) is 25.6 Å². The Hall–Kier alpha value is -2.16. The molecular formula is C18H26N6O2S. The highest BCUT2D eigenvalue weighted by atomic mass is 32.2. The minimum absolute atomic E-state index is 0.00999. The lowest BCUT2D eigenvalue weighted by atomic mass is 10.1. The third-order valence-electron chi connectivity index (χ3n) is 4.98. The molecule has 0 saturated carbocycles. The van der Waals surface area contributed by atoms with E-state index < -0.39 is 0 Å². The van der Waals surface area contributed by atoms with Gasteiger partial charge in [0.05, 0.1) is 6.42 Å². The number of piperazine rings is 1. The summed E-state index contributed by atoms with van der Waals surface area (Å²) in [7, 11) is 0. The highest BCUT2D eigenvalue weighted by molar-refractivity contribution is 7.98. The Morgan fingerprint density at radius 1 is 1.07 bits per heavy atom. The van der Waals surface area contributed by atoms with Gasteiger partial charge in [-0.2, -0.15) is 4.98 Å². The van der Waals surface area contributed by atoms with Gasteiger partial charge in [0.1, 0.15) is 0 Å². The highest BCUT2D eigenvalue weighted by Crippen LogP contribution is 2.18. The zero-order valence-electron chi connectivity index (χ0n) is 16.5. The Labute approximate surface area is 163 Å². The first-order valence-corrected chi connectivity index (χ1v) is 10.4. The van der Waals surface area contributed by atoms with Gasteiger partial charge in [0.15, 0.2) is 0 Å². The van der Waals surface area contributed by atoms with E-state index in [1.165, 1.54) is 11.8 Å². The van der Waals surface area contributed by atoms with E-state index in [1.54, 1.807) is 4.52 Å². The van der Waals surface area contributed by atoms with Crippen molar-refractivity contribution in [2.24, 2.45) is 5.92 Å².